The van der Waals surface area contributed by atoms with Crippen molar-refractivity contribution in [3.05, 3.63) is 21.3 Å². The Morgan fingerprint density at radius 1 is 1.14 bits per heavy atom. The van der Waals surface area contributed by atoms with Crippen molar-refractivity contribution in [2.24, 2.45) is 5.10 Å². The smallest absolute Gasteiger partial charge is 0.240 e. The van der Waals surface area contributed by atoms with Crippen molar-refractivity contribution in [3.63, 3.8) is 0 Å². The number of hydrazone groups is 1. The summed E-state index contributed by atoms with van der Waals surface area (Å²) in [5.41, 5.74) is 2.56. The molecule has 3 nitrogen and oxygen atoms in total. The summed E-state index contributed by atoms with van der Waals surface area (Å²) < 4.78 is 0.725. The van der Waals surface area contributed by atoms with Crippen LogP contribution in [0.4, 0.5) is 0 Å². The number of carbonyl (C=O) groups excluding carboxylic acids is 1. The standard InChI is InChI=1S/C17H27ClN2OS/c1-2-3-4-5-6-7-8-9-10-11-17(21)20-19-14-15-12-13-16(18)22-15/h12-14H,2-11H2,1H3,(H,20,21)/b19-14+. The lowest BCUT2D eigenvalue weighted by molar-refractivity contribution is -0.121. The van der Waals surface area contributed by atoms with Crippen molar-refractivity contribution in [2.45, 2.75) is 71.1 Å². The van der Waals surface area contributed by atoms with E-state index in [1.807, 2.05) is 12.1 Å². The molecule has 1 aromatic heterocycles. The van der Waals surface area contributed by atoms with Gasteiger partial charge >= 0.3 is 0 Å². The fraction of sp³-hybridized carbons (Fsp3) is 0.647. The summed E-state index contributed by atoms with van der Waals surface area (Å²) in [4.78, 5) is 12.5. The highest BCUT2D eigenvalue weighted by atomic mass is 35.5. The largest absolute Gasteiger partial charge is 0.273 e. The van der Waals surface area contributed by atoms with Gasteiger partial charge in [0.2, 0.25) is 5.91 Å². The van der Waals surface area contributed by atoms with Crippen molar-refractivity contribution in [1.29, 1.82) is 0 Å². The molecule has 0 fully saturated rings. The van der Waals surface area contributed by atoms with E-state index in [1.165, 1.54) is 56.3 Å². The van der Waals surface area contributed by atoms with E-state index in [2.05, 4.69) is 17.5 Å². The molecule has 0 aliphatic carbocycles. The zero-order chi connectivity index (χ0) is 16.0. The Morgan fingerprint density at radius 2 is 1.77 bits per heavy atom. The summed E-state index contributed by atoms with van der Waals surface area (Å²) in [7, 11) is 0. The lowest BCUT2D eigenvalue weighted by atomic mass is 10.1. The average molecular weight is 343 g/mol. The number of hydrogen-bond acceptors (Lipinski definition) is 3. The van der Waals surface area contributed by atoms with Gasteiger partial charge in [-0.25, -0.2) is 5.43 Å². The van der Waals surface area contributed by atoms with Gasteiger partial charge in [-0.15, -0.1) is 11.3 Å². The Bertz CT molecular complexity index is 446. The number of carbonyl (C=O) groups is 1. The minimum absolute atomic E-state index is 0.0122. The highest BCUT2D eigenvalue weighted by molar-refractivity contribution is 7.17. The van der Waals surface area contributed by atoms with Crippen molar-refractivity contribution < 1.29 is 4.79 Å². The molecule has 0 aliphatic heterocycles. The summed E-state index contributed by atoms with van der Waals surface area (Å²) in [5.74, 6) is -0.0122. The van der Waals surface area contributed by atoms with Gasteiger partial charge < -0.3 is 0 Å². The van der Waals surface area contributed by atoms with Crippen LogP contribution in [-0.2, 0) is 4.79 Å². The maximum Gasteiger partial charge on any atom is 0.240 e. The SMILES string of the molecule is CCCCCCCCCCCC(=O)N/N=C/c1ccc(Cl)s1. The molecule has 0 bridgehead atoms. The van der Waals surface area contributed by atoms with Gasteiger partial charge in [0.15, 0.2) is 0 Å². The van der Waals surface area contributed by atoms with Crippen molar-refractivity contribution >= 4 is 35.1 Å². The van der Waals surface area contributed by atoms with Crippen LogP contribution in [0.5, 0.6) is 0 Å². The number of unbranched alkanes of at least 4 members (excludes halogenated alkanes) is 8. The van der Waals surface area contributed by atoms with Crippen LogP contribution < -0.4 is 5.43 Å². The third-order valence-corrected chi connectivity index (χ3v) is 4.65. The molecule has 0 saturated carbocycles. The number of nitrogens with zero attached hydrogens (tertiary/aromatic N) is 1. The Balaban J connectivity index is 1.94. The zero-order valence-electron chi connectivity index (χ0n) is 13.4. The number of hydrogen-bond donors (Lipinski definition) is 1. The summed E-state index contributed by atoms with van der Waals surface area (Å²) >= 11 is 7.25. The Hall–Kier alpha value is -0.870. The van der Waals surface area contributed by atoms with Gasteiger partial charge in [-0.3, -0.25) is 4.79 Å². The minimum atomic E-state index is -0.0122. The topological polar surface area (TPSA) is 41.5 Å². The highest BCUT2D eigenvalue weighted by Gasteiger charge is 2.00. The van der Waals surface area contributed by atoms with Crippen LogP contribution in [0, 0.1) is 0 Å². The van der Waals surface area contributed by atoms with Crippen LogP contribution in [0.2, 0.25) is 4.34 Å². The van der Waals surface area contributed by atoms with Crippen LogP contribution in [0.3, 0.4) is 0 Å². The molecule has 124 valence electrons. The van der Waals surface area contributed by atoms with Crippen molar-refractivity contribution in [2.75, 3.05) is 0 Å². The Labute approximate surface area is 143 Å². The number of amides is 1. The number of rotatable bonds is 12. The second-order valence-electron chi connectivity index (χ2n) is 5.51. The van der Waals surface area contributed by atoms with Gasteiger partial charge in [0.25, 0.3) is 0 Å². The van der Waals surface area contributed by atoms with E-state index in [9.17, 15) is 4.79 Å². The van der Waals surface area contributed by atoms with Crippen molar-refractivity contribution in [1.82, 2.24) is 5.43 Å². The van der Waals surface area contributed by atoms with E-state index < -0.39 is 0 Å². The molecule has 0 spiro atoms. The molecule has 5 heteroatoms. The molecular weight excluding hydrogens is 316 g/mol. The summed E-state index contributed by atoms with van der Waals surface area (Å²) in [6.07, 6.45) is 13.5. The second-order valence-corrected chi connectivity index (χ2v) is 7.26. The molecule has 1 rings (SSSR count). The first-order valence-electron chi connectivity index (χ1n) is 8.29. The van der Waals surface area contributed by atoms with E-state index in [0.717, 1.165) is 22.1 Å². The van der Waals surface area contributed by atoms with Crippen molar-refractivity contribution in [3.8, 4) is 0 Å². The predicted octanol–water partition coefficient (Wildman–Crippen LogP) is 5.77. The highest BCUT2D eigenvalue weighted by Crippen LogP contribution is 2.19. The van der Waals surface area contributed by atoms with Gasteiger partial charge in [-0.05, 0) is 18.6 Å². The molecule has 0 aliphatic rings. The average Bonchev–Trinajstić information content (AvgIpc) is 2.91. The predicted molar refractivity (Wildman–Crippen MR) is 96.9 cm³/mol. The van der Waals surface area contributed by atoms with E-state index in [-0.39, 0.29) is 5.91 Å². The summed E-state index contributed by atoms with van der Waals surface area (Å²) in [6, 6.07) is 3.70. The first-order valence-corrected chi connectivity index (χ1v) is 9.49. The fourth-order valence-electron chi connectivity index (χ4n) is 2.22. The third-order valence-electron chi connectivity index (χ3n) is 3.48. The fourth-order valence-corrected chi connectivity index (χ4v) is 3.15. The first-order chi connectivity index (χ1) is 10.7. The monoisotopic (exact) mass is 342 g/mol. The quantitative estimate of drug-likeness (QED) is 0.292. The molecule has 0 atom stereocenters. The zero-order valence-corrected chi connectivity index (χ0v) is 15.0. The van der Waals surface area contributed by atoms with Gasteiger partial charge in [-0.1, -0.05) is 69.9 Å². The number of nitrogens with one attached hydrogen (secondary N) is 1. The molecule has 1 amide bonds. The number of thiophene rings is 1. The van der Waals surface area contributed by atoms with Crippen LogP contribution >= 0.6 is 22.9 Å². The van der Waals surface area contributed by atoms with E-state index in [0.29, 0.717) is 6.42 Å². The van der Waals surface area contributed by atoms with Gasteiger partial charge in [0.1, 0.15) is 0 Å². The molecular formula is C17H27ClN2OS. The number of halogens is 1. The minimum Gasteiger partial charge on any atom is -0.273 e. The van der Waals surface area contributed by atoms with Crippen LogP contribution in [0.1, 0.15) is 76.0 Å². The molecule has 0 unspecified atom stereocenters. The van der Waals surface area contributed by atoms with E-state index in [1.54, 1.807) is 6.21 Å². The van der Waals surface area contributed by atoms with Crippen LogP contribution in [-0.4, -0.2) is 12.1 Å². The Morgan fingerprint density at radius 3 is 2.36 bits per heavy atom. The van der Waals surface area contributed by atoms with Gasteiger partial charge in [-0.2, -0.15) is 5.10 Å². The summed E-state index contributed by atoms with van der Waals surface area (Å²) in [6.45, 7) is 2.24. The molecule has 0 saturated heterocycles. The molecule has 1 heterocycles. The van der Waals surface area contributed by atoms with Gasteiger partial charge in [0, 0.05) is 11.3 Å². The normalized spacial score (nSPS) is 11.2. The second kappa shape index (κ2) is 12.7. The molecule has 0 aromatic carbocycles. The lowest BCUT2D eigenvalue weighted by Gasteiger charge is -2.02. The summed E-state index contributed by atoms with van der Waals surface area (Å²) in [5, 5.41) is 3.94. The van der Waals surface area contributed by atoms with E-state index >= 15 is 0 Å². The first kappa shape index (κ1) is 19.2. The van der Waals surface area contributed by atoms with E-state index in [4.69, 9.17) is 11.6 Å². The molecule has 1 N–H and O–H groups in total. The molecule has 0 radical (unpaired) electrons. The molecule has 22 heavy (non-hydrogen) atoms. The Kier molecular flexibility index (Phi) is 11.0. The molecule has 1 aromatic rings. The third kappa shape index (κ3) is 9.96. The van der Waals surface area contributed by atoms with Crippen LogP contribution in [0.25, 0.3) is 0 Å². The maximum absolute atomic E-state index is 11.6. The lowest BCUT2D eigenvalue weighted by Crippen LogP contribution is -2.16. The maximum atomic E-state index is 11.6. The van der Waals surface area contributed by atoms with Crippen LogP contribution in [0.15, 0.2) is 17.2 Å². The van der Waals surface area contributed by atoms with Gasteiger partial charge in [0.05, 0.1) is 10.6 Å².